The van der Waals surface area contributed by atoms with E-state index in [0.717, 1.165) is 58.8 Å². The third-order valence-corrected chi connectivity index (χ3v) is 11.8. The predicted molar refractivity (Wildman–Crippen MR) is 217 cm³/mol. The maximum Gasteiger partial charge on any atom is 0.200 e. The second-order valence-corrected chi connectivity index (χ2v) is 16.0. The maximum absolute atomic E-state index is 15.3. The minimum absolute atomic E-state index is 0.0339. The van der Waals surface area contributed by atoms with Crippen molar-refractivity contribution >= 4 is 28.1 Å². The van der Waals surface area contributed by atoms with Crippen molar-refractivity contribution in [3.8, 4) is 34.5 Å². The first kappa shape index (κ1) is 38.8. The number of hydrogen-bond donors (Lipinski definition) is 6. The van der Waals surface area contributed by atoms with Crippen molar-refractivity contribution in [3.05, 3.63) is 101 Å². The second-order valence-electron chi connectivity index (χ2n) is 16.0. The van der Waals surface area contributed by atoms with Crippen LogP contribution in [0.5, 0.6) is 34.5 Å². The number of methoxy groups -OCH3 is 1. The van der Waals surface area contributed by atoms with Crippen LogP contribution in [-0.2, 0) is 23.1 Å². The minimum atomic E-state index is -0.997. The molecule has 2 bridgehead atoms. The van der Waals surface area contributed by atoms with E-state index in [1.807, 2.05) is 44.2 Å². The first-order valence-corrected chi connectivity index (χ1v) is 19.7. The maximum atomic E-state index is 15.3. The number of phenolic OH excluding ortho intramolecular Hbond substituents is 4. The van der Waals surface area contributed by atoms with Crippen molar-refractivity contribution in [2.24, 2.45) is 11.8 Å². The molecule has 3 atom stereocenters. The SMILES string of the molecule is COc1cc(CC[C@@H](O)[C@H]2C(=O)C[C@H](c3cc(O)c(O)c(OCC(C)C)c3)CCc3c(ccc4cc(O)ccc34)Nc3cc(ccn3)C23CCCC3)ccc1O. The number of Topliss-reactive ketones (excluding diaryl/α,β-unsaturated/α-hetero) is 1. The second kappa shape index (κ2) is 16.3. The van der Waals surface area contributed by atoms with Gasteiger partial charge in [-0.2, -0.15) is 0 Å². The lowest BCUT2D eigenvalue weighted by atomic mass is 9.63. The number of aliphatic hydroxyl groups excluding tert-OH is 1. The fourth-order valence-electron chi connectivity index (χ4n) is 9.04. The third-order valence-electron chi connectivity index (χ3n) is 11.8. The van der Waals surface area contributed by atoms with Crippen molar-refractivity contribution < 1.29 is 39.8 Å². The number of rotatable bonds is 9. The molecule has 294 valence electrons. The number of benzene rings is 4. The van der Waals surface area contributed by atoms with E-state index in [1.165, 1.54) is 13.2 Å². The van der Waals surface area contributed by atoms with E-state index < -0.39 is 23.4 Å². The molecule has 10 heteroatoms. The molecule has 2 heterocycles. The van der Waals surface area contributed by atoms with E-state index in [0.29, 0.717) is 49.4 Å². The summed E-state index contributed by atoms with van der Waals surface area (Å²) >= 11 is 0. The average molecular weight is 761 g/mol. The molecule has 0 unspecified atom stereocenters. The van der Waals surface area contributed by atoms with Crippen LogP contribution in [0.25, 0.3) is 10.8 Å². The lowest BCUT2D eigenvalue weighted by Gasteiger charge is -2.41. The van der Waals surface area contributed by atoms with Gasteiger partial charge in [-0.05, 0) is 138 Å². The largest absolute Gasteiger partial charge is 0.508 e. The Morgan fingerprint density at radius 1 is 0.911 bits per heavy atom. The van der Waals surface area contributed by atoms with Crippen LogP contribution >= 0.6 is 0 Å². The molecule has 10 nitrogen and oxygen atoms in total. The van der Waals surface area contributed by atoms with Crippen molar-refractivity contribution in [2.45, 2.75) is 89.1 Å². The number of ether oxygens (including phenoxy) is 2. The van der Waals surface area contributed by atoms with Crippen molar-refractivity contribution in [3.63, 3.8) is 0 Å². The topological polar surface area (TPSA) is 162 Å². The molecular formula is C46H52N2O8. The highest BCUT2D eigenvalue weighted by Crippen LogP contribution is 2.51. The number of nitrogens with zero attached hydrogens (tertiary/aromatic N) is 1. The number of anilines is 2. The normalized spacial score (nSPS) is 18.8. The number of ketones is 1. The lowest BCUT2D eigenvalue weighted by Crippen LogP contribution is -2.45. The van der Waals surface area contributed by atoms with Gasteiger partial charge in [0, 0.05) is 23.7 Å². The van der Waals surface area contributed by atoms with E-state index in [-0.39, 0.29) is 46.9 Å². The van der Waals surface area contributed by atoms with Gasteiger partial charge in [0.05, 0.1) is 25.7 Å². The van der Waals surface area contributed by atoms with E-state index in [1.54, 1.807) is 42.6 Å². The zero-order chi connectivity index (χ0) is 39.6. The van der Waals surface area contributed by atoms with Crippen LogP contribution in [0.1, 0.15) is 87.0 Å². The van der Waals surface area contributed by atoms with Gasteiger partial charge in [0.1, 0.15) is 17.4 Å². The lowest BCUT2D eigenvalue weighted by molar-refractivity contribution is -0.130. The van der Waals surface area contributed by atoms with Crippen molar-refractivity contribution in [1.82, 2.24) is 4.98 Å². The number of phenols is 4. The molecule has 0 radical (unpaired) electrons. The summed E-state index contributed by atoms with van der Waals surface area (Å²) in [6.07, 6.45) is 5.89. The summed E-state index contributed by atoms with van der Waals surface area (Å²) in [4.78, 5) is 20.0. The van der Waals surface area contributed by atoms with Gasteiger partial charge in [-0.15, -0.1) is 0 Å². The summed E-state index contributed by atoms with van der Waals surface area (Å²) in [5.41, 5.74) is 3.66. The summed E-state index contributed by atoms with van der Waals surface area (Å²) in [6.45, 7) is 4.32. The summed E-state index contributed by atoms with van der Waals surface area (Å²) < 4.78 is 11.3. The smallest absolute Gasteiger partial charge is 0.200 e. The average Bonchev–Trinajstić information content (AvgIpc) is 3.67. The van der Waals surface area contributed by atoms with Crippen LogP contribution in [0.4, 0.5) is 11.5 Å². The molecule has 0 amide bonds. The zero-order valence-corrected chi connectivity index (χ0v) is 32.3. The Bertz CT molecular complexity index is 2210. The molecular weight excluding hydrogens is 709 g/mol. The summed E-state index contributed by atoms with van der Waals surface area (Å²) in [5, 5.41) is 60.1. The highest BCUT2D eigenvalue weighted by Gasteiger charge is 2.49. The number of fused-ring (bicyclic) bond motifs is 6. The molecule has 0 saturated heterocycles. The van der Waals surface area contributed by atoms with Crippen LogP contribution in [-0.4, -0.2) is 56.1 Å². The van der Waals surface area contributed by atoms with Crippen molar-refractivity contribution in [2.75, 3.05) is 19.0 Å². The van der Waals surface area contributed by atoms with Gasteiger partial charge in [-0.1, -0.05) is 44.9 Å². The molecule has 2 aliphatic rings. The monoisotopic (exact) mass is 760 g/mol. The van der Waals surface area contributed by atoms with Crippen molar-refractivity contribution in [1.29, 1.82) is 0 Å². The molecule has 1 aromatic heterocycles. The molecule has 7 rings (SSSR count). The summed E-state index contributed by atoms with van der Waals surface area (Å²) in [6, 6.07) is 21.7. The number of aromatic hydroxyl groups is 4. The Labute approximate surface area is 327 Å². The van der Waals surface area contributed by atoms with Gasteiger partial charge in [0.25, 0.3) is 0 Å². The minimum Gasteiger partial charge on any atom is -0.508 e. The molecule has 1 spiro atoms. The van der Waals surface area contributed by atoms with Crippen LogP contribution in [0, 0.1) is 11.8 Å². The summed E-state index contributed by atoms with van der Waals surface area (Å²) in [5.74, 6) is -0.411. The molecule has 1 aliphatic carbocycles. The Hall–Kier alpha value is -5.48. The number of pyridine rings is 1. The van der Waals surface area contributed by atoms with Crippen LogP contribution < -0.4 is 14.8 Å². The Balaban J connectivity index is 1.35. The van der Waals surface area contributed by atoms with Crippen LogP contribution in [0.15, 0.2) is 79.0 Å². The van der Waals surface area contributed by atoms with Gasteiger partial charge >= 0.3 is 0 Å². The highest BCUT2D eigenvalue weighted by molar-refractivity contribution is 5.92. The van der Waals surface area contributed by atoms with Gasteiger partial charge in [0.15, 0.2) is 23.0 Å². The van der Waals surface area contributed by atoms with Gasteiger partial charge < -0.3 is 40.3 Å². The fraction of sp³-hybridized carbons (Fsp3) is 0.391. The standard InChI is InChI=1S/C46H52N2O8/c1-27(2)26-56-42-24-31(23-40(53)45(42)54)29-8-11-35-34-12-10-33(49)21-30(34)9-13-36(35)48-43-25-32(16-19-47-43)46(17-4-5-18-46)44(39(52)22-29)38(51)15-7-28-6-14-37(50)41(20-28)55-3/h6,9-10,12-14,16,19-21,23-25,27,29,38,44,49-51,53-54H,4-5,7-8,11,15,17-18,22,26H2,1-3H3,(H,47,48)/t29-,38-,44+/m1/s1. The molecule has 56 heavy (non-hydrogen) atoms. The Morgan fingerprint density at radius 3 is 2.48 bits per heavy atom. The van der Waals surface area contributed by atoms with E-state index in [9.17, 15) is 25.5 Å². The Morgan fingerprint density at radius 2 is 1.71 bits per heavy atom. The fourth-order valence-corrected chi connectivity index (χ4v) is 9.04. The molecule has 4 aromatic carbocycles. The first-order valence-electron chi connectivity index (χ1n) is 19.7. The quantitative estimate of drug-likeness (QED) is 0.0801. The molecule has 1 fully saturated rings. The molecule has 1 aliphatic heterocycles. The summed E-state index contributed by atoms with van der Waals surface area (Å²) in [7, 11) is 1.50. The zero-order valence-electron chi connectivity index (χ0n) is 32.3. The Kier molecular flexibility index (Phi) is 11.3. The van der Waals surface area contributed by atoms with Gasteiger partial charge in [0.2, 0.25) is 5.75 Å². The van der Waals surface area contributed by atoms with Gasteiger partial charge in [-0.25, -0.2) is 4.98 Å². The number of aliphatic hydroxyl groups is 1. The first-order chi connectivity index (χ1) is 26.9. The highest BCUT2D eigenvalue weighted by atomic mass is 16.5. The van der Waals surface area contributed by atoms with E-state index in [2.05, 4.69) is 5.32 Å². The van der Waals surface area contributed by atoms with Crippen LogP contribution in [0.3, 0.4) is 0 Å². The number of aromatic nitrogens is 1. The number of hydrogen-bond acceptors (Lipinski definition) is 10. The number of aryl methyl sites for hydroxylation is 2. The van der Waals surface area contributed by atoms with Crippen LogP contribution in [0.2, 0.25) is 0 Å². The molecule has 5 aromatic rings. The number of carbonyl (C=O) groups is 1. The van der Waals surface area contributed by atoms with Gasteiger partial charge in [-0.3, -0.25) is 4.79 Å². The molecule has 6 N–H and O–H groups in total. The molecule has 1 saturated carbocycles. The third kappa shape index (κ3) is 7.93. The van der Waals surface area contributed by atoms with E-state index >= 15 is 4.79 Å². The number of carbonyl (C=O) groups excluding carboxylic acids is 1. The van der Waals surface area contributed by atoms with E-state index in [4.69, 9.17) is 14.5 Å². The number of nitrogens with one attached hydrogen (secondary N) is 1. The predicted octanol–water partition coefficient (Wildman–Crippen LogP) is 8.96.